The molecule has 2 rings (SSSR count). The molecular weight excluding hydrogens is 216 g/mol. The van der Waals surface area contributed by atoms with Gasteiger partial charge in [0.05, 0.1) is 12.7 Å². The van der Waals surface area contributed by atoms with Crippen LogP contribution in [-0.4, -0.2) is 21.5 Å². The lowest BCUT2D eigenvalue weighted by atomic mass is 10.2. The van der Waals surface area contributed by atoms with Gasteiger partial charge in [-0.2, -0.15) is 5.10 Å². The monoisotopic (exact) mass is 232 g/mol. The number of hydrogen-bond donors (Lipinski definition) is 1. The van der Waals surface area contributed by atoms with E-state index in [4.69, 9.17) is 4.74 Å². The summed E-state index contributed by atoms with van der Waals surface area (Å²) in [6, 6.07) is 10.1. The first kappa shape index (κ1) is 11.8. The molecule has 0 radical (unpaired) electrons. The fourth-order valence-electron chi connectivity index (χ4n) is 1.62. The van der Waals surface area contributed by atoms with Crippen molar-refractivity contribution in [2.45, 2.75) is 19.8 Å². The van der Waals surface area contributed by atoms with Gasteiger partial charge in [-0.15, -0.1) is 0 Å². The van der Waals surface area contributed by atoms with Crippen LogP contribution >= 0.6 is 0 Å². The number of nitrogens with zero attached hydrogens (tertiary/aromatic N) is 2. The van der Waals surface area contributed by atoms with Gasteiger partial charge in [-0.25, -0.2) is 0 Å². The fraction of sp³-hybridized carbons (Fsp3) is 0.308. The molecule has 0 saturated carbocycles. The molecule has 0 amide bonds. The quantitative estimate of drug-likeness (QED) is 0.802. The fourth-order valence-corrected chi connectivity index (χ4v) is 1.62. The second kappa shape index (κ2) is 5.61. The van der Waals surface area contributed by atoms with E-state index in [9.17, 15) is 5.11 Å². The lowest BCUT2D eigenvalue weighted by Gasteiger charge is -2.06. The van der Waals surface area contributed by atoms with Crippen molar-refractivity contribution in [3.63, 3.8) is 0 Å². The molecule has 2 aromatic rings. The largest absolute Gasteiger partial charge is 0.364 e. The molecule has 0 aliphatic rings. The third-order valence-electron chi connectivity index (χ3n) is 2.45. The second-order valence-electron chi connectivity index (χ2n) is 3.76. The molecule has 1 heterocycles. The summed E-state index contributed by atoms with van der Waals surface area (Å²) < 4.78 is 6.88. The molecule has 0 bridgehead atoms. The Morgan fingerprint density at radius 2 is 2.12 bits per heavy atom. The van der Waals surface area contributed by atoms with Crippen molar-refractivity contribution in [1.29, 1.82) is 0 Å². The first-order chi connectivity index (χ1) is 8.29. The number of ether oxygens (including phenoxy) is 1. The molecule has 0 fully saturated rings. The van der Waals surface area contributed by atoms with Crippen molar-refractivity contribution in [2.75, 3.05) is 6.61 Å². The van der Waals surface area contributed by atoms with Crippen molar-refractivity contribution in [3.8, 4) is 0 Å². The zero-order valence-electron chi connectivity index (χ0n) is 9.78. The Bertz CT molecular complexity index is 453. The highest BCUT2D eigenvalue weighted by Crippen LogP contribution is 2.13. The molecule has 17 heavy (non-hydrogen) atoms. The Morgan fingerprint density at radius 1 is 1.35 bits per heavy atom. The molecule has 0 aliphatic carbocycles. The highest BCUT2D eigenvalue weighted by molar-refractivity contribution is 5.15. The van der Waals surface area contributed by atoms with E-state index >= 15 is 0 Å². The van der Waals surface area contributed by atoms with Crippen LogP contribution in [0, 0.1) is 0 Å². The minimum atomic E-state index is -0.885. The van der Waals surface area contributed by atoms with E-state index in [0.29, 0.717) is 18.7 Å². The maximum atomic E-state index is 9.62. The zero-order chi connectivity index (χ0) is 12.1. The Balaban J connectivity index is 2.04. The molecule has 0 spiro atoms. The number of aliphatic hydroxyl groups excluding tert-OH is 1. The summed E-state index contributed by atoms with van der Waals surface area (Å²) in [4.78, 5) is 0. The number of benzene rings is 1. The second-order valence-corrected chi connectivity index (χ2v) is 3.76. The van der Waals surface area contributed by atoms with Gasteiger partial charge in [0.2, 0.25) is 0 Å². The summed E-state index contributed by atoms with van der Waals surface area (Å²) >= 11 is 0. The SMILES string of the molecule is CCOC(O)c1cnn(Cc2ccccc2)c1. The Morgan fingerprint density at radius 3 is 2.82 bits per heavy atom. The summed E-state index contributed by atoms with van der Waals surface area (Å²) in [5.74, 6) is 0. The van der Waals surface area contributed by atoms with E-state index in [-0.39, 0.29) is 0 Å². The van der Waals surface area contributed by atoms with Crippen LogP contribution in [0.4, 0.5) is 0 Å². The van der Waals surface area contributed by atoms with Gasteiger partial charge < -0.3 is 9.84 Å². The summed E-state index contributed by atoms with van der Waals surface area (Å²) in [6.45, 7) is 3.02. The highest BCUT2D eigenvalue weighted by Gasteiger charge is 2.09. The van der Waals surface area contributed by atoms with E-state index in [2.05, 4.69) is 5.10 Å². The molecule has 1 aromatic heterocycles. The van der Waals surface area contributed by atoms with Crippen molar-refractivity contribution in [3.05, 3.63) is 53.9 Å². The number of aliphatic hydroxyl groups is 1. The minimum Gasteiger partial charge on any atom is -0.364 e. The molecule has 1 N–H and O–H groups in total. The lowest BCUT2D eigenvalue weighted by molar-refractivity contribution is -0.0980. The summed E-state index contributed by atoms with van der Waals surface area (Å²) in [7, 11) is 0. The molecule has 0 aliphatic heterocycles. The average molecular weight is 232 g/mol. The van der Waals surface area contributed by atoms with E-state index < -0.39 is 6.29 Å². The third-order valence-corrected chi connectivity index (χ3v) is 2.45. The normalized spacial score (nSPS) is 12.6. The van der Waals surface area contributed by atoms with Crippen LogP contribution < -0.4 is 0 Å². The summed E-state index contributed by atoms with van der Waals surface area (Å²) in [5, 5.41) is 13.8. The summed E-state index contributed by atoms with van der Waals surface area (Å²) in [6.07, 6.45) is 2.54. The molecule has 4 heteroatoms. The molecular formula is C13H16N2O2. The molecule has 0 saturated heterocycles. The molecule has 90 valence electrons. The topological polar surface area (TPSA) is 47.3 Å². The van der Waals surface area contributed by atoms with Crippen molar-refractivity contribution >= 4 is 0 Å². The Kier molecular flexibility index (Phi) is 3.90. The van der Waals surface area contributed by atoms with E-state index in [0.717, 1.165) is 0 Å². The van der Waals surface area contributed by atoms with Gasteiger partial charge in [0, 0.05) is 18.4 Å². The van der Waals surface area contributed by atoms with Gasteiger partial charge in [-0.05, 0) is 12.5 Å². The van der Waals surface area contributed by atoms with Crippen LogP contribution in [0.2, 0.25) is 0 Å². The number of hydrogen-bond acceptors (Lipinski definition) is 3. The maximum Gasteiger partial charge on any atom is 0.184 e. The van der Waals surface area contributed by atoms with Crippen LogP contribution in [0.25, 0.3) is 0 Å². The first-order valence-electron chi connectivity index (χ1n) is 5.65. The number of rotatable bonds is 5. The number of aromatic nitrogens is 2. The maximum absolute atomic E-state index is 9.62. The third kappa shape index (κ3) is 3.15. The van der Waals surface area contributed by atoms with Crippen LogP contribution in [0.15, 0.2) is 42.7 Å². The Labute approximate surface area is 100 Å². The predicted molar refractivity (Wildman–Crippen MR) is 64.4 cm³/mol. The minimum absolute atomic E-state index is 0.477. The van der Waals surface area contributed by atoms with E-state index in [1.165, 1.54) is 5.56 Å². The van der Waals surface area contributed by atoms with Crippen LogP contribution in [0.5, 0.6) is 0 Å². The van der Waals surface area contributed by atoms with E-state index in [1.54, 1.807) is 17.1 Å². The molecule has 1 atom stereocenters. The summed E-state index contributed by atoms with van der Waals surface area (Å²) in [5.41, 5.74) is 1.86. The van der Waals surface area contributed by atoms with Gasteiger partial charge in [0.25, 0.3) is 0 Å². The molecule has 4 nitrogen and oxygen atoms in total. The first-order valence-corrected chi connectivity index (χ1v) is 5.65. The van der Waals surface area contributed by atoms with Gasteiger partial charge >= 0.3 is 0 Å². The average Bonchev–Trinajstić information content (AvgIpc) is 2.79. The van der Waals surface area contributed by atoms with Gasteiger partial charge in [-0.3, -0.25) is 4.68 Å². The Hall–Kier alpha value is -1.65. The van der Waals surface area contributed by atoms with Crippen LogP contribution in [-0.2, 0) is 11.3 Å². The highest BCUT2D eigenvalue weighted by atomic mass is 16.6. The standard InChI is InChI=1S/C13H16N2O2/c1-2-17-13(16)12-8-14-15(10-12)9-11-6-4-3-5-7-11/h3-8,10,13,16H,2,9H2,1H3. The van der Waals surface area contributed by atoms with Gasteiger partial charge in [0.15, 0.2) is 6.29 Å². The van der Waals surface area contributed by atoms with Crippen molar-refractivity contribution in [2.24, 2.45) is 0 Å². The van der Waals surface area contributed by atoms with Crippen molar-refractivity contribution in [1.82, 2.24) is 9.78 Å². The van der Waals surface area contributed by atoms with Gasteiger partial charge in [0.1, 0.15) is 0 Å². The predicted octanol–water partition coefficient (Wildman–Crippen LogP) is 1.96. The van der Waals surface area contributed by atoms with Gasteiger partial charge in [-0.1, -0.05) is 30.3 Å². The molecule has 1 unspecified atom stereocenters. The molecule has 1 aromatic carbocycles. The van der Waals surface area contributed by atoms with Crippen LogP contribution in [0.3, 0.4) is 0 Å². The lowest BCUT2D eigenvalue weighted by Crippen LogP contribution is -2.02. The van der Waals surface area contributed by atoms with Crippen LogP contribution in [0.1, 0.15) is 24.3 Å². The van der Waals surface area contributed by atoms with Crippen molar-refractivity contribution < 1.29 is 9.84 Å². The van der Waals surface area contributed by atoms with E-state index in [1.807, 2.05) is 37.3 Å². The smallest absolute Gasteiger partial charge is 0.184 e. The zero-order valence-corrected chi connectivity index (χ0v) is 9.78.